The lowest BCUT2D eigenvalue weighted by molar-refractivity contribution is 0.0930. The van der Waals surface area contributed by atoms with E-state index < -0.39 is 0 Å². The number of nitrogens with one attached hydrogen (secondary N) is 1. The standard InChI is InChI=1S/C16H20ClN3O2/c1-19-8-10(6-11(19)9-21)18-16(22)15-7-12-13(17)4-3-5-14(12)20(15)2/h3-5,7,10-11,21H,6,8-9H2,1-2H3,(H,18,22)/t10-,11+/m1/s1. The van der Waals surface area contributed by atoms with E-state index in [1.807, 2.05) is 42.9 Å². The van der Waals surface area contributed by atoms with Crippen LogP contribution in [0.25, 0.3) is 10.9 Å². The average Bonchev–Trinajstić information content (AvgIpc) is 3.01. The van der Waals surface area contributed by atoms with Gasteiger partial charge in [-0.05, 0) is 31.7 Å². The summed E-state index contributed by atoms with van der Waals surface area (Å²) in [5.41, 5.74) is 1.53. The Bertz CT molecular complexity index is 713. The van der Waals surface area contributed by atoms with Crippen LogP contribution in [-0.4, -0.2) is 52.8 Å². The summed E-state index contributed by atoms with van der Waals surface area (Å²) in [4.78, 5) is 14.6. The monoisotopic (exact) mass is 321 g/mol. The molecule has 0 aliphatic carbocycles. The van der Waals surface area contributed by atoms with E-state index in [0.29, 0.717) is 10.7 Å². The highest BCUT2D eigenvalue weighted by Crippen LogP contribution is 2.26. The van der Waals surface area contributed by atoms with Crippen molar-refractivity contribution in [2.75, 3.05) is 20.2 Å². The van der Waals surface area contributed by atoms with E-state index in [-0.39, 0.29) is 24.6 Å². The van der Waals surface area contributed by atoms with Crippen molar-refractivity contribution in [3.8, 4) is 0 Å². The zero-order valence-electron chi connectivity index (χ0n) is 12.7. The third-order valence-electron chi connectivity index (χ3n) is 4.50. The molecule has 1 aliphatic rings. The first kappa shape index (κ1) is 15.3. The molecule has 2 N–H and O–H groups in total. The highest BCUT2D eigenvalue weighted by atomic mass is 35.5. The number of amides is 1. The first-order valence-corrected chi connectivity index (χ1v) is 7.75. The molecule has 1 aromatic carbocycles. The number of hydrogen-bond acceptors (Lipinski definition) is 3. The van der Waals surface area contributed by atoms with Crippen molar-refractivity contribution in [1.29, 1.82) is 0 Å². The van der Waals surface area contributed by atoms with Crippen molar-refractivity contribution >= 4 is 28.4 Å². The Morgan fingerprint density at radius 2 is 2.23 bits per heavy atom. The molecule has 0 saturated carbocycles. The molecule has 6 heteroatoms. The number of aryl methyl sites for hydroxylation is 1. The van der Waals surface area contributed by atoms with Gasteiger partial charge < -0.3 is 15.0 Å². The molecule has 1 fully saturated rings. The van der Waals surface area contributed by atoms with E-state index in [0.717, 1.165) is 23.9 Å². The predicted octanol–water partition coefficient (Wildman–Crippen LogP) is 1.63. The lowest BCUT2D eigenvalue weighted by Crippen LogP contribution is -2.37. The molecule has 2 aromatic rings. The van der Waals surface area contributed by atoms with E-state index in [1.54, 1.807) is 0 Å². The SMILES string of the molecule is CN1C[C@H](NC(=O)c2cc3c(Cl)cccc3n2C)C[C@H]1CO. The van der Waals surface area contributed by atoms with Crippen LogP contribution in [0.5, 0.6) is 0 Å². The van der Waals surface area contributed by atoms with Crippen LogP contribution in [0.4, 0.5) is 0 Å². The van der Waals surface area contributed by atoms with E-state index >= 15 is 0 Å². The molecule has 0 bridgehead atoms. The summed E-state index contributed by atoms with van der Waals surface area (Å²) < 4.78 is 1.86. The largest absolute Gasteiger partial charge is 0.395 e. The topological polar surface area (TPSA) is 57.5 Å². The van der Waals surface area contributed by atoms with Gasteiger partial charge in [-0.1, -0.05) is 17.7 Å². The highest BCUT2D eigenvalue weighted by molar-refractivity contribution is 6.35. The number of halogens is 1. The van der Waals surface area contributed by atoms with Crippen LogP contribution in [0.3, 0.4) is 0 Å². The van der Waals surface area contributed by atoms with Gasteiger partial charge in [0.25, 0.3) is 5.91 Å². The summed E-state index contributed by atoms with van der Waals surface area (Å²) in [6.45, 7) is 0.869. The lowest BCUT2D eigenvalue weighted by Gasteiger charge is -2.15. The zero-order valence-corrected chi connectivity index (χ0v) is 13.5. The van der Waals surface area contributed by atoms with Crippen LogP contribution in [0.1, 0.15) is 16.9 Å². The maximum absolute atomic E-state index is 12.5. The molecule has 22 heavy (non-hydrogen) atoms. The number of aromatic nitrogens is 1. The van der Waals surface area contributed by atoms with Crippen LogP contribution < -0.4 is 5.32 Å². The van der Waals surface area contributed by atoms with Crippen LogP contribution in [-0.2, 0) is 7.05 Å². The Morgan fingerprint density at radius 3 is 2.86 bits per heavy atom. The second kappa shape index (κ2) is 5.91. The number of benzene rings is 1. The number of hydrogen-bond donors (Lipinski definition) is 2. The van der Waals surface area contributed by atoms with Gasteiger partial charge in [0, 0.05) is 41.6 Å². The summed E-state index contributed by atoms with van der Waals surface area (Å²) in [6.07, 6.45) is 0.767. The fourth-order valence-electron chi connectivity index (χ4n) is 3.20. The van der Waals surface area contributed by atoms with Crippen LogP contribution >= 0.6 is 11.6 Å². The van der Waals surface area contributed by atoms with Gasteiger partial charge in [0.05, 0.1) is 6.61 Å². The number of nitrogens with zero attached hydrogens (tertiary/aromatic N) is 2. The van der Waals surface area contributed by atoms with Gasteiger partial charge in [0.1, 0.15) is 5.69 Å². The maximum Gasteiger partial charge on any atom is 0.268 e. The van der Waals surface area contributed by atoms with Gasteiger partial charge >= 0.3 is 0 Å². The molecular formula is C16H20ClN3O2. The Hall–Kier alpha value is -1.56. The summed E-state index contributed by atoms with van der Waals surface area (Å²) in [6, 6.07) is 7.65. The second-order valence-electron chi connectivity index (χ2n) is 5.94. The third kappa shape index (κ3) is 2.60. The molecule has 0 unspecified atom stereocenters. The molecule has 1 aliphatic heterocycles. The number of fused-ring (bicyclic) bond motifs is 1. The average molecular weight is 322 g/mol. The molecule has 1 saturated heterocycles. The van der Waals surface area contributed by atoms with Crippen molar-refractivity contribution in [3.05, 3.63) is 35.0 Å². The van der Waals surface area contributed by atoms with Gasteiger partial charge in [-0.25, -0.2) is 0 Å². The van der Waals surface area contributed by atoms with Crippen molar-refractivity contribution < 1.29 is 9.90 Å². The smallest absolute Gasteiger partial charge is 0.268 e. The molecule has 1 amide bonds. The number of carbonyl (C=O) groups excluding carboxylic acids is 1. The summed E-state index contributed by atoms with van der Waals surface area (Å²) in [5, 5.41) is 13.9. The Kier molecular flexibility index (Phi) is 4.12. The van der Waals surface area contributed by atoms with Crippen molar-refractivity contribution in [3.63, 3.8) is 0 Å². The number of rotatable bonds is 3. The normalized spacial score (nSPS) is 22.4. The number of likely N-dealkylation sites (tertiary alicyclic amines) is 1. The maximum atomic E-state index is 12.5. The molecule has 1 aromatic heterocycles. The molecule has 2 heterocycles. The quantitative estimate of drug-likeness (QED) is 0.903. The van der Waals surface area contributed by atoms with Crippen molar-refractivity contribution in [1.82, 2.24) is 14.8 Å². The van der Waals surface area contributed by atoms with Crippen molar-refractivity contribution in [2.45, 2.75) is 18.5 Å². The Labute approximate surface area is 134 Å². The predicted molar refractivity (Wildman–Crippen MR) is 87.3 cm³/mol. The molecule has 5 nitrogen and oxygen atoms in total. The molecular weight excluding hydrogens is 302 g/mol. The zero-order chi connectivity index (χ0) is 15.9. The van der Waals surface area contributed by atoms with E-state index in [4.69, 9.17) is 11.6 Å². The van der Waals surface area contributed by atoms with Gasteiger partial charge in [0.15, 0.2) is 0 Å². The van der Waals surface area contributed by atoms with E-state index in [2.05, 4.69) is 10.2 Å². The van der Waals surface area contributed by atoms with Gasteiger partial charge in [0.2, 0.25) is 0 Å². The number of likely N-dealkylation sites (N-methyl/N-ethyl adjacent to an activating group) is 1. The molecule has 2 atom stereocenters. The minimum Gasteiger partial charge on any atom is -0.395 e. The fourth-order valence-corrected chi connectivity index (χ4v) is 3.42. The van der Waals surface area contributed by atoms with Crippen LogP contribution in [0.15, 0.2) is 24.3 Å². The fraction of sp³-hybridized carbons (Fsp3) is 0.438. The van der Waals surface area contributed by atoms with E-state index in [9.17, 15) is 9.90 Å². The minimum atomic E-state index is -0.105. The second-order valence-corrected chi connectivity index (χ2v) is 6.35. The third-order valence-corrected chi connectivity index (χ3v) is 4.83. The van der Waals surface area contributed by atoms with E-state index in [1.165, 1.54) is 0 Å². The summed E-state index contributed by atoms with van der Waals surface area (Å²) in [7, 11) is 3.83. The molecule has 0 spiro atoms. The van der Waals surface area contributed by atoms with Gasteiger partial charge in [-0.3, -0.25) is 9.69 Å². The van der Waals surface area contributed by atoms with Gasteiger partial charge in [-0.2, -0.15) is 0 Å². The Balaban J connectivity index is 1.81. The van der Waals surface area contributed by atoms with Crippen LogP contribution in [0.2, 0.25) is 5.02 Å². The summed E-state index contributed by atoms with van der Waals surface area (Å²) >= 11 is 6.19. The number of aliphatic hydroxyl groups excluding tert-OH is 1. The number of carbonyl (C=O) groups is 1. The first-order chi connectivity index (χ1) is 10.5. The Morgan fingerprint density at radius 1 is 1.45 bits per heavy atom. The van der Waals surface area contributed by atoms with Crippen molar-refractivity contribution in [2.24, 2.45) is 7.05 Å². The highest BCUT2D eigenvalue weighted by Gasteiger charge is 2.30. The lowest BCUT2D eigenvalue weighted by atomic mass is 10.2. The molecule has 118 valence electrons. The molecule has 3 rings (SSSR count). The van der Waals surface area contributed by atoms with Gasteiger partial charge in [-0.15, -0.1) is 0 Å². The molecule has 0 radical (unpaired) electrons. The minimum absolute atomic E-state index is 0.0585. The van der Waals surface area contributed by atoms with Crippen LogP contribution in [0, 0.1) is 0 Å². The summed E-state index contributed by atoms with van der Waals surface area (Å²) in [5.74, 6) is -0.105. The first-order valence-electron chi connectivity index (χ1n) is 7.37. The number of aliphatic hydroxyl groups is 1.